The van der Waals surface area contributed by atoms with Crippen LogP contribution in [0.2, 0.25) is 10.2 Å². The Morgan fingerprint density at radius 1 is 1.18 bits per heavy atom. The zero-order valence-corrected chi connectivity index (χ0v) is 16.1. The predicted octanol–water partition coefficient (Wildman–Crippen LogP) is 4.42. The SMILES string of the molecule is Cc1nn(-c2ccccc2)c(Cl)c1C(=O)OCC(=O)Nc1ccc(F)c(Cl)c1. The van der Waals surface area contributed by atoms with E-state index in [1.165, 1.54) is 16.8 Å². The number of para-hydroxylation sites is 1. The highest BCUT2D eigenvalue weighted by molar-refractivity contribution is 6.33. The largest absolute Gasteiger partial charge is 0.452 e. The normalized spacial score (nSPS) is 10.6. The minimum atomic E-state index is -0.781. The third-order valence-electron chi connectivity index (χ3n) is 3.75. The summed E-state index contributed by atoms with van der Waals surface area (Å²) in [5.41, 5.74) is 1.40. The van der Waals surface area contributed by atoms with Gasteiger partial charge >= 0.3 is 5.97 Å². The van der Waals surface area contributed by atoms with Crippen molar-refractivity contribution in [3.05, 3.63) is 75.8 Å². The number of anilines is 1. The molecule has 1 amide bonds. The maximum Gasteiger partial charge on any atom is 0.343 e. The number of ether oxygens (including phenoxy) is 1. The van der Waals surface area contributed by atoms with Crippen LogP contribution in [-0.4, -0.2) is 28.3 Å². The van der Waals surface area contributed by atoms with Crippen LogP contribution in [-0.2, 0) is 9.53 Å². The Morgan fingerprint density at radius 2 is 1.89 bits per heavy atom. The Hall–Kier alpha value is -2.90. The van der Waals surface area contributed by atoms with Gasteiger partial charge in [0.15, 0.2) is 6.61 Å². The van der Waals surface area contributed by atoms with Crippen molar-refractivity contribution in [2.75, 3.05) is 11.9 Å². The van der Waals surface area contributed by atoms with E-state index in [0.717, 1.165) is 6.07 Å². The molecule has 1 N–H and O–H groups in total. The molecule has 1 heterocycles. The van der Waals surface area contributed by atoms with Gasteiger partial charge in [0, 0.05) is 5.69 Å². The maximum absolute atomic E-state index is 13.1. The molecule has 0 bridgehead atoms. The molecule has 0 aliphatic carbocycles. The molecule has 0 saturated heterocycles. The third-order valence-corrected chi connectivity index (χ3v) is 4.39. The summed E-state index contributed by atoms with van der Waals surface area (Å²) in [6.45, 7) is 1.06. The van der Waals surface area contributed by atoms with Gasteiger partial charge in [0.05, 0.1) is 16.4 Å². The summed E-state index contributed by atoms with van der Waals surface area (Å²) in [7, 11) is 0. The highest BCUT2D eigenvalue weighted by Crippen LogP contribution is 2.24. The number of carbonyl (C=O) groups is 2. The van der Waals surface area contributed by atoms with Crippen molar-refractivity contribution >= 4 is 40.8 Å². The first kappa shape index (κ1) is 19.9. The van der Waals surface area contributed by atoms with Gasteiger partial charge in [-0.2, -0.15) is 5.10 Å². The zero-order chi connectivity index (χ0) is 20.3. The Kier molecular flexibility index (Phi) is 5.96. The molecule has 0 fully saturated rings. The standard InChI is InChI=1S/C19H14Cl2FN3O3/c1-11-17(18(21)25(24-11)13-5-3-2-4-6-13)19(27)28-10-16(26)23-12-7-8-15(22)14(20)9-12/h2-9H,10H2,1H3,(H,23,26). The fourth-order valence-corrected chi connectivity index (χ4v) is 2.98. The quantitative estimate of drug-likeness (QED) is 0.618. The van der Waals surface area contributed by atoms with E-state index in [0.29, 0.717) is 11.4 Å². The minimum absolute atomic E-state index is 0.0724. The molecule has 3 rings (SSSR count). The van der Waals surface area contributed by atoms with Crippen LogP contribution in [0.25, 0.3) is 5.69 Å². The lowest BCUT2D eigenvalue weighted by Gasteiger charge is -2.07. The molecule has 0 radical (unpaired) electrons. The predicted molar refractivity (Wildman–Crippen MR) is 104 cm³/mol. The number of halogens is 3. The summed E-state index contributed by atoms with van der Waals surface area (Å²) in [5.74, 6) is -2.00. The molecule has 9 heteroatoms. The Morgan fingerprint density at radius 3 is 2.57 bits per heavy atom. The molecule has 1 aromatic heterocycles. The number of esters is 1. The third kappa shape index (κ3) is 4.32. The maximum atomic E-state index is 13.1. The Balaban J connectivity index is 1.67. The highest BCUT2D eigenvalue weighted by Gasteiger charge is 2.23. The van der Waals surface area contributed by atoms with E-state index in [1.807, 2.05) is 18.2 Å². The number of hydrogen-bond acceptors (Lipinski definition) is 4. The van der Waals surface area contributed by atoms with E-state index in [1.54, 1.807) is 19.1 Å². The monoisotopic (exact) mass is 421 g/mol. The summed E-state index contributed by atoms with van der Waals surface area (Å²) >= 11 is 11.9. The molecule has 0 spiro atoms. The van der Waals surface area contributed by atoms with Gasteiger partial charge in [-0.3, -0.25) is 4.79 Å². The number of aromatic nitrogens is 2. The molecule has 0 saturated carbocycles. The van der Waals surface area contributed by atoms with Crippen molar-refractivity contribution in [1.82, 2.24) is 9.78 Å². The molecule has 0 aliphatic rings. The minimum Gasteiger partial charge on any atom is -0.452 e. The van der Waals surface area contributed by atoms with E-state index < -0.39 is 24.3 Å². The molecule has 0 aliphatic heterocycles. The first-order valence-corrected chi connectivity index (χ1v) is 8.85. The van der Waals surface area contributed by atoms with Crippen molar-refractivity contribution in [3.63, 3.8) is 0 Å². The summed E-state index contributed by atoms with van der Waals surface area (Å²) in [4.78, 5) is 24.3. The van der Waals surface area contributed by atoms with Crippen molar-refractivity contribution in [1.29, 1.82) is 0 Å². The molecule has 6 nitrogen and oxygen atoms in total. The fraction of sp³-hybridized carbons (Fsp3) is 0.105. The molecule has 144 valence electrons. The summed E-state index contributed by atoms with van der Waals surface area (Å²) in [6.07, 6.45) is 0. The van der Waals surface area contributed by atoms with Gasteiger partial charge in [-0.25, -0.2) is 13.9 Å². The van der Waals surface area contributed by atoms with Crippen LogP contribution in [0.3, 0.4) is 0 Å². The average Bonchev–Trinajstić information content (AvgIpc) is 2.98. The van der Waals surface area contributed by atoms with Gasteiger partial charge in [-0.1, -0.05) is 41.4 Å². The molecule has 3 aromatic rings. The van der Waals surface area contributed by atoms with Crippen LogP contribution in [0.5, 0.6) is 0 Å². The lowest BCUT2D eigenvalue weighted by Crippen LogP contribution is -2.21. The van der Waals surface area contributed by atoms with Crippen molar-refractivity contribution in [2.45, 2.75) is 6.92 Å². The van der Waals surface area contributed by atoms with Crippen LogP contribution in [0.15, 0.2) is 48.5 Å². The average molecular weight is 422 g/mol. The van der Waals surface area contributed by atoms with E-state index in [9.17, 15) is 14.0 Å². The second-order valence-corrected chi connectivity index (χ2v) is 6.52. The van der Waals surface area contributed by atoms with Gasteiger partial charge in [0.2, 0.25) is 0 Å². The fourth-order valence-electron chi connectivity index (χ4n) is 2.45. The molecule has 2 aromatic carbocycles. The number of benzene rings is 2. The summed E-state index contributed by atoms with van der Waals surface area (Å²) in [5, 5.41) is 6.65. The van der Waals surface area contributed by atoms with Gasteiger partial charge in [-0.05, 0) is 37.3 Å². The van der Waals surface area contributed by atoms with E-state index in [-0.39, 0.29) is 21.4 Å². The van der Waals surface area contributed by atoms with Gasteiger partial charge in [0.25, 0.3) is 5.91 Å². The van der Waals surface area contributed by atoms with Crippen LogP contribution in [0.1, 0.15) is 16.1 Å². The molecular weight excluding hydrogens is 408 g/mol. The van der Waals surface area contributed by atoms with Crippen LogP contribution >= 0.6 is 23.2 Å². The Labute approximate surface area is 169 Å². The Bertz CT molecular complexity index is 1040. The van der Waals surface area contributed by atoms with Gasteiger partial charge < -0.3 is 10.1 Å². The van der Waals surface area contributed by atoms with Crippen LogP contribution < -0.4 is 5.32 Å². The molecule has 0 atom stereocenters. The smallest absolute Gasteiger partial charge is 0.343 e. The number of nitrogens with one attached hydrogen (secondary N) is 1. The van der Waals surface area contributed by atoms with E-state index in [2.05, 4.69) is 10.4 Å². The molecular formula is C19H14Cl2FN3O3. The first-order chi connectivity index (χ1) is 13.4. The number of amides is 1. The van der Waals surface area contributed by atoms with E-state index >= 15 is 0 Å². The number of carbonyl (C=O) groups excluding carboxylic acids is 2. The second kappa shape index (κ2) is 8.41. The van der Waals surface area contributed by atoms with Crippen molar-refractivity contribution in [2.24, 2.45) is 0 Å². The van der Waals surface area contributed by atoms with Crippen LogP contribution in [0.4, 0.5) is 10.1 Å². The zero-order valence-electron chi connectivity index (χ0n) is 14.6. The lowest BCUT2D eigenvalue weighted by molar-refractivity contribution is -0.119. The summed E-state index contributed by atoms with van der Waals surface area (Å²) < 4.78 is 19.6. The molecule has 28 heavy (non-hydrogen) atoms. The van der Waals surface area contributed by atoms with Gasteiger partial charge in [0.1, 0.15) is 16.5 Å². The highest BCUT2D eigenvalue weighted by atomic mass is 35.5. The second-order valence-electron chi connectivity index (χ2n) is 5.75. The molecule has 0 unspecified atom stereocenters. The first-order valence-electron chi connectivity index (χ1n) is 8.09. The van der Waals surface area contributed by atoms with Gasteiger partial charge in [-0.15, -0.1) is 0 Å². The van der Waals surface area contributed by atoms with Crippen molar-refractivity contribution in [3.8, 4) is 5.69 Å². The number of nitrogens with zero attached hydrogens (tertiary/aromatic N) is 2. The van der Waals surface area contributed by atoms with Crippen LogP contribution in [0, 0.1) is 12.7 Å². The number of rotatable bonds is 5. The van der Waals surface area contributed by atoms with E-state index in [4.69, 9.17) is 27.9 Å². The number of hydrogen-bond donors (Lipinski definition) is 1. The lowest BCUT2D eigenvalue weighted by atomic mass is 10.2. The number of aryl methyl sites for hydroxylation is 1. The topological polar surface area (TPSA) is 73.2 Å². The summed E-state index contributed by atoms with van der Waals surface area (Å²) in [6, 6.07) is 12.7. The van der Waals surface area contributed by atoms with Crippen molar-refractivity contribution < 1.29 is 18.7 Å².